The number of rotatable bonds is 5. The van der Waals surface area contributed by atoms with Crippen molar-refractivity contribution in [1.29, 1.82) is 0 Å². The molecule has 2 rings (SSSR count). The molecule has 0 bridgehead atoms. The van der Waals surface area contributed by atoms with Gasteiger partial charge in [0.05, 0.1) is 7.11 Å². The van der Waals surface area contributed by atoms with Crippen molar-refractivity contribution in [1.82, 2.24) is 10.6 Å². The quantitative estimate of drug-likeness (QED) is 0.890. The van der Waals surface area contributed by atoms with Gasteiger partial charge in [-0.2, -0.15) is 0 Å². The van der Waals surface area contributed by atoms with Crippen LogP contribution in [0.1, 0.15) is 11.1 Å². The number of nitrogens with one attached hydrogen (secondary N) is 2. The molecule has 0 aromatic heterocycles. The SMILES string of the molecule is COc1ccc(CNC(=O)N/C=C/c2ccc(F)cc2)cc1. The Morgan fingerprint density at radius 2 is 1.82 bits per heavy atom. The normalized spacial score (nSPS) is 10.5. The van der Waals surface area contributed by atoms with Crippen LogP contribution in [0.2, 0.25) is 0 Å². The Balaban J connectivity index is 1.76. The number of hydrogen-bond acceptors (Lipinski definition) is 2. The molecule has 2 aromatic rings. The van der Waals surface area contributed by atoms with Crippen molar-refractivity contribution in [3.05, 3.63) is 71.7 Å². The van der Waals surface area contributed by atoms with Gasteiger partial charge >= 0.3 is 6.03 Å². The summed E-state index contributed by atoms with van der Waals surface area (Å²) in [5.41, 5.74) is 1.77. The summed E-state index contributed by atoms with van der Waals surface area (Å²) in [6, 6.07) is 13.1. The third-order valence-corrected chi connectivity index (χ3v) is 2.97. The Kier molecular flexibility index (Phi) is 5.54. The molecule has 0 atom stereocenters. The number of carbonyl (C=O) groups excluding carboxylic acids is 1. The van der Waals surface area contributed by atoms with Crippen molar-refractivity contribution in [2.75, 3.05) is 7.11 Å². The fourth-order valence-corrected chi connectivity index (χ4v) is 1.76. The molecule has 2 aromatic carbocycles. The molecule has 114 valence electrons. The predicted molar refractivity (Wildman–Crippen MR) is 83.8 cm³/mol. The van der Waals surface area contributed by atoms with E-state index in [1.54, 1.807) is 25.3 Å². The molecular weight excluding hydrogens is 283 g/mol. The number of ether oxygens (including phenoxy) is 1. The van der Waals surface area contributed by atoms with Gasteiger partial charge in [-0.3, -0.25) is 0 Å². The lowest BCUT2D eigenvalue weighted by atomic mass is 10.2. The van der Waals surface area contributed by atoms with Crippen LogP contribution >= 0.6 is 0 Å². The highest BCUT2D eigenvalue weighted by molar-refractivity contribution is 5.75. The molecule has 0 aliphatic heterocycles. The van der Waals surface area contributed by atoms with Crippen LogP contribution in [0.3, 0.4) is 0 Å². The van der Waals surface area contributed by atoms with Crippen molar-refractivity contribution in [2.45, 2.75) is 6.54 Å². The van der Waals surface area contributed by atoms with Gasteiger partial charge in [-0.25, -0.2) is 9.18 Å². The van der Waals surface area contributed by atoms with E-state index in [2.05, 4.69) is 10.6 Å². The summed E-state index contributed by atoms with van der Waals surface area (Å²) in [5.74, 6) is 0.484. The standard InChI is InChI=1S/C17H17FN2O2/c1-22-16-8-4-14(5-9-16)12-20-17(21)19-11-10-13-2-6-15(18)7-3-13/h2-11H,12H2,1H3,(H2,19,20,21)/b11-10+. The van der Waals surface area contributed by atoms with E-state index in [4.69, 9.17) is 4.74 Å². The summed E-state index contributed by atoms with van der Waals surface area (Å²) in [6.45, 7) is 0.417. The lowest BCUT2D eigenvalue weighted by Crippen LogP contribution is -2.31. The van der Waals surface area contributed by atoms with Gasteiger partial charge in [-0.1, -0.05) is 24.3 Å². The third-order valence-electron chi connectivity index (χ3n) is 2.97. The van der Waals surface area contributed by atoms with Gasteiger partial charge in [0.1, 0.15) is 11.6 Å². The molecule has 0 unspecified atom stereocenters. The first-order valence-electron chi connectivity index (χ1n) is 6.77. The number of benzene rings is 2. The van der Waals surface area contributed by atoms with Gasteiger partial charge in [0.2, 0.25) is 0 Å². The Hall–Kier alpha value is -2.82. The van der Waals surface area contributed by atoms with E-state index in [0.29, 0.717) is 6.54 Å². The van der Waals surface area contributed by atoms with E-state index in [1.165, 1.54) is 18.3 Å². The number of urea groups is 1. The van der Waals surface area contributed by atoms with Crippen LogP contribution < -0.4 is 15.4 Å². The molecular formula is C17H17FN2O2. The van der Waals surface area contributed by atoms with Gasteiger partial charge in [-0.05, 0) is 41.5 Å². The first-order valence-corrected chi connectivity index (χ1v) is 6.77. The van der Waals surface area contributed by atoms with E-state index in [1.807, 2.05) is 24.3 Å². The van der Waals surface area contributed by atoms with Crippen LogP contribution in [0, 0.1) is 5.82 Å². The average molecular weight is 300 g/mol. The fourth-order valence-electron chi connectivity index (χ4n) is 1.76. The largest absolute Gasteiger partial charge is 0.497 e. The maximum Gasteiger partial charge on any atom is 0.319 e. The van der Waals surface area contributed by atoms with E-state index in [0.717, 1.165) is 16.9 Å². The molecule has 0 radical (unpaired) electrons. The van der Waals surface area contributed by atoms with Gasteiger partial charge in [-0.15, -0.1) is 0 Å². The molecule has 2 amide bonds. The van der Waals surface area contributed by atoms with Crippen molar-refractivity contribution < 1.29 is 13.9 Å². The minimum atomic E-state index is -0.311. The fraction of sp³-hybridized carbons (Fsp3) is 0.118. The van der Waals surface area contributed by atoms with Crippen molar-refractivity contribution >= 4 is 12.1 Å². The van der Waals surface area contributed by atoms with E-state index in [-0.39, 0.29) is 11.8 Å². The van der Waals surface area contributed by atoms with E-state index < -0.39 is 0 Å². The Labute approximate surface area is 128 Å². The van der Waals surface area contributed by atoms with Gasteiger partial charge in [0.25, 0.3) is 0 Å². The Morgan fingerprint density at radius 3 is 2.45 bits per heavy atom. The lowest BCUT2D eigenvalue weighted by molar-refractivity contribution is 0.244. The highest BCUT2D eigenvalue weighted by atomic mass is 19.1. The number of hydrogen-bond donors (Lipinski definition) is 2. The molecule has 0 spiro atoms. The molecule has 5 heteroatoms. The lowest BCUT2D eigenvalue weighted by Gasteiger charge is -2.06. The van der Waals surface area contributed by atoms with Crippen LogP contribution in [0.4, 0.5) is 9.18 Å². The summed E-state index contributed by atoms with van der Waals surface area (Å²) in [5, 5.41) is 5.32. The maximum atomic E-state index is 12.7. The molecule has 0 saturated carbocycles. The van der Waals surface area contributed by atoms with Crippen molar-refractivity contribution in [2.24, 2.45) is 0 Å². The summed E-state index contributed by atoms with van der Waals surface area (Å²) in [4.78, 5) is 11.6. The van der Waals surface area contributed by atoms with Crippen molar-refractivity contribution in [3.8, 4) is 5.75 Å². The van der Waals surface area contributed by atoms with Crippen LogP contribution in [0.25, 0.3) is 6.08 Å². The zero-order valence-corrected chi connectivity index (χ0v) is 12.2. The van der Waals surface area contributed by atoms with E-state index >= 15 is 0 Å². The van der Waals surface area contributed by atoms with Crippen molar-refractivity contribution in [3.63, 3.8) is 0 Å². The van der Waals surface area contributed by atoms with Crippen LogP contribution in [-0.4, -0.2) is 13.1 Å². The molecule has 0 saturated heterocycles. The van der Waals surface area contributed by atoms with Gasteiger partial charge in [0, 0.05) is 12.7 Å². The molecule has 22 heavy (non-hydrogen) atoms. The number of amides is 2. The zero-order valence-electron chi connectivity index (χ0n) is 12.2. The molecule has 0 aliphatic rings. The summed E-state index contributed by atoms with van der Waals surface area (Å²) >= 11 is 0. The predicted octanol–water partition coefficient (Wildman–Crippen LogP) is 3.30. The summed E-state index contributed by atoms with van der Waals surface area (Å²) in [6.07, 6.45) is 3.20. The second kappa shape index (κ2) is 7.83. The molecule has 0 fully saturated rings. The van der Waals surface area contributed by atoms with E-state index in [9.17, 15) is 9.18 Å². The maximum absolute atomic E-state index is 12.7. The number of methoxy groups -OCH3 is 1. The van der Waals surface area contributed by atoms with Crippen LogP contribution in [0.5, 0.6) is 5.75 Å². The molecule has 2 N–H and O–H groups in total. The highest BCUT2D eigenvalue weighted by Crippen LogP contribution is 2.10. The number of carbonyl (C=O) groups is 1. The first kappa shape index (κ1) is 15.6. The topological polar surface area (TPSA) is 50.4 Å². The minimum absolute atomic E-state index is 0.289. The zero-order chi connectivity index (χ0) is 15.8. The molecule has 0 heterocycles. The minimum Gasteiger partial charge on any atom is -0.497 e. The summed E-state index contributed by atoms with van der Waals surface area (Å²) < 4.78 is 17.8. The first-order chi connectivity index (χ1) is 10.7. The molecule has 4 nitrogen and oxygen atoms in total. The smallest absolute Gasteiger partial charge is 0.319 e. The third kappa shape index (κ3) is 4.94. The summed E-state index contributed by atoms with van der Waals surface area (Å²) in [7, 11) is 1.61. The van der Waals surface area contributed by atoms with Crippen LogP contribution in [0.15, 0.2) is 54.7 Å². The Bertz CT molecular complexity index is 637. The average Bonchev–Trinajstić information content (AvgIpc) is 2.55. The number of halogens is 1. The highest BCUT2D eigenvalue weighted by Gasteiger charge is 1.98. The molecule has 0 aliphatic carbocycles. The second-order valence-electron chi connectivity index (χ2n) is 4.56. The monoisotopic (exact) mass is 300 g/mol. The Morgan fingerprint density at radius 1 is 1.14 bits per heavy atom. The van der Waals surface area contributed by atoms with Crippen LogP contribution in [-0.2, 0) is 6.54 Å². The van der Waals surface area contributed by atoms with Gasteiger partial charge < -0.3 is 15.4 Å². The second-order valence-corrected chi connectivity index (χ2v) is 4.56. The van der Waals surface area contributed by atoms with Gasteiger partial charge in [0.15, 0.2) is 0 Å².